The highest BCUT2D eigenvalue weighted by Gasteiger charge is 2.16. The molecule has 0 atom stereocenters. The van der Waals surface area contributed by atoms with E-state index in [4.69, 9.17) is 4.42 Å². The fourth-order valence-corrected chi connectivity index (χ4v) is 4.41. The van der Waals surface area contributed by atoms with Crippen LogP contribution in [0.25, 0.3) is 0 Å². The molecule has 0 fully saturated rings. The van der Waals surface area contributed by atoms with Crippen molar-refractivity contribution in [1.29, 1.82) is 0 Å². The quantitative estimate of drug-likeness (QED) is 0.897. The van der Waals surface area contributed by atoms with Gasteiger partial charge in [-0.1, -0.05) is 0 Å². The molecular formula is C10H11BrN2O3S2. The third-order valence-corrected chi connectivity index (χ3v) is 5.69. The van der Waals surface area contributed by atoms with Crippen LogP contribution in [0.4, 0.5) is 0 Å². The number of sulfonamides is 1. The van der Waals surface area contributed by atoms with Crippen molar-refractivity contribution in [3.05, 3.63) is 33.8 Å². The van der Waals surface area contributed by atoms with Crippen LogP contribution in [0, 0.1) is 6.92 Å². The highest BCUT2D eigenvalue weighted by Crippen LogP contribution is 2.25. The Morgan fingerprint density at radius 3 is 2.83 bits per heavy atom. The highest BCUT2D eigenvalue weighted by molar-refractivity contribution is 9.11. The molecule has 0 radical (unpaired) electrons. The van der Waals surface area contributed by atoms with Crippen molar-refractivity contribution in [1.82, 2.24) is 9.71 Å². The summed E-state index contributed by atoms with van der Waals surface area (Å²) >= 11 is 4.41. The summed E-state index contributed by atoms with van der Waals surface area (Å²) in [6.45, 7) is 2.06. The molecule has 0 aromatic carbocycles. The van der Waals surface area contributed by atoms with Gasteiger partial charge in [0.1, 0.15) is 9.97 Å². The van der Waals surface area contributed by atoms with E-state index in [0.29, 0.717) is 12.3 Å². The summed E-state index contributed by atoms with van der Waals surface area (Å²) in [5.41, 5.74) is 0. The van der Waals surface area contributed by atoms with Crippen molar-refractivity contribution < 1.29 is 12.8 Å². The number of hydrogen-bond acceptors (Lipinski definition) is 5. The number of rotatable bonds is 5. The first-order valence-electron chi connectivity index (χ1n) is 5.14. The summed E-state index contributed by atoms with van der Waals surface area (Å²) in [6, 6.07) is 3.27. The molecule has 2 aromatic rings. The van der Waals surface area contributed by atoms with Crippen molar-refractivity contribution in [2.24, 2.45) is 0 Å². The fraction of sp³-hybridized carbons (Fsp3) is 0.300. The fourth-order valence-electron chi connectivity index (χ4n) is 1.32. The van der Waals surface area contributed by atoms with E-state index in [9.17, 15) is 8.42 Å². The van der Waals surface area contributed by atoms with Gasteiger partial charge in [0, 0.05) is 13.0 Å². The van der Waals surface area contributed by atoms with Gasteiger partial charge in [-0.15, -0.1) is 11.3 Å². The van der Waals surface area contributed by atoms with Gasteiger partial charge in [0.2, 0.25) is 10.0 Å². The Bertz CT molecular complexity index is 633. The first-order valence-corrected chi connectivity index (χ1v) is 8.23. The standard InChI is InChI=1S/C10H11BrN2O3S2/c1-7-6-12-9(16-7)4-5-13-18(14,15)10-3-2-8(11)17-10/h2-3,6,13H,4-5H2,1H3. The summed E-state index contributed by atoms with van der Waals surface area (Å²) in [4.78, 5) is 4.01. The van der Waals surface area contributed by atoms with Gasteiger partial charge in [-0.25, -0.2) is 18.1 Å². The zero-order valence-corrected chi connectivity index (χ0v) is 12.7. The second-order valence-corrected chi connectivity index (χ2v) is 8.03. The Labute approximate surface area is 117 Å². The lowest BCUT2D eigenvalue weighted by atomic mass is 10.4. The van der Waals surface area contributed by atoms with Crippen LogP contribution >= 0.6 is 27.3 Å². The summed E-state index contributed by atoms with van der Waals surface area (Å²) < 4.78 is 32.6. The molecule has 98 valence electrons. The molecule has 2 rings (SSSR count). The topological polar surface area (TPSA) is 72.2 Å². The Hall–Kier alpha value is -0.700. The van der Waals surface area contributed by atoms with E-state index in [0.717, 1.165) is 9.55 Å². The molecule has 1 N–H and O–H groups in total. The van der Waals surface area contributed by atoms with Gasteiger partial charge in [-0.3, -0.25) is 0 Å². The third kappa shape index (κ3) is 3.41. The lowest BCUT2D eigenvalue weighted by Gasteiger charge is -2.02. The second-order valence-electron chi connectivity index (χ2n) is 3.57. The predicted octanol–water partition coefficient (Wildman–Crippen LogP) is 2.33. The molecule has 0 aliphatic heterocycles. The van der Waals surface area contributed by atoms with Gasteiger partial charge in [0.25, 0.3) is 0 Å². The zero-order chi connectivity index (χ0) is 13.2. The van der Waals surface area contributed by atoms with Gasteiger partial charge in [0.15, 0.2) is 5.89 Å². The molecule has 5 nitrogen and oxygen atoms in total. The van der Waals surface area contributed by atoms with Crippen LogP contribution < -0.4 is 4.72 Å². The summed E-state index contributed by atoms with van der Waals surface area (Å²) in [6.07, 6.45) is 2.04. The SMILES string of the molecule is Cc1cnc(CCNS(=O)(=O)c2ccc(Br)s2)o1. The number of aryl methyl sites for hydroxylation is 1. The van der Waals surface area contributed by atoms with Crippen LogP contribution in [-0.2, 0) is 16.4 Å². The number of nitrogens with zero attached hydrogens (tertiary/aromatic N) is 1. The number of nitrogens with one attached hydrogen (secondary N) is 1. The average Bonchev–Trinajstić information content (AvgIpc) is 2.88. The average molecular weight is 351 g/mol. The van der Waals surface area contributed by atoms with Crippen LogP contribution in [0.1, 0.15) is 11.7 Å². The van der Waals surface area contributed by atoms with Gasteiger partial charge in [0.05, 0.1) is 9.98 Å². The molecule has 0 amide bonds. The summed E-state index contributed by atoms with van der Waals surface area (Å²) in [5.74, 6) is 1.25. The van der Waals surface area contributed by atoms with Crippen LogP contribution in [0.3, 0.4) is 0 Å². The second kappa shape index (κ2) is 5.52. The van der Waals surface area contributed by atoms with Gasteiger partial charge in [-0.2, -0.15) is 0 Å². The molecule has 0 spiro atoms. The molecule has 2 aromatic heterocycles. The van der Waals surface area contributed by atoms with Crippen molar-refractivity contribution in [3.63, 3.8) is 0 Å². The van der Waals surface area contributed by atoms with E-state index in [1.807, 2.05) is 0 Å². The number of thiophene rings is 1. The number of oxazole rings is 1. The van der Waals surface area contributed by atoms with E-state index >= 15 is 0 Å². The summed E-state index contributed by atoms with van der Waals surface area (Å²) in [5, 5.41) is 0. The van der Waals surface area contributed by atoms with E-state index in [1.54, 1.807) is 25.3 Å². The molecule has 0 bridgehead atoms. The van der Waals surface area contributed by atoms with E-state index in [2.05, 4.69) is 25.6 Å². The monoisotopic (exact) mass is 350 g/mol. The maximum atomic E-state index is 11.9. The van der Waals surface area contributed by atoms with Crippen LogP contribution in [0.5, 0.6) is 0 Å². The van der Waals surface area contributed by atoms with Gasteiger partial charge >= 0.3 is 0 Å². The maximum absolute atomic E-state index is 11.9. The Morgan fingerprint density at radius 2 is 2.28 bits per heavy atom. The molecular weight excluding hydrogens is 340 g/mol. The van der Waals surface area contributed by atoms with Crippen LogP contribution in [0.2, 0.25) is 0 Å². The Kier molecular flexibility index (Phi) is 4.21. The van der Waals surface area contributed by atoms with Crippen molar-refractivity contribution in [3.8, 4) is 0 Å². The highest BCUT2D eigenvalue weighted by atomic mass is 79.9. The molecule has 0 saturated heterocycles. The van der Waals surface area contributed by atoms with Crippen LogP contribution in [-0.4, -0.2) is 19.9 Å². The van der Waals surface area contributed by atoms with Crippen molar-refractivity contribution >= 4 is 37.3 Å². The molecule has 0 aliphatic rings. The molecule has 2 heterocycles. The number of aromatic nitrogens is 1. The van der Waals surface area contributed by atoms with E-state index in [-0.39, 0.29) is 10.8 Å². The molecule has 0 aliphatic carbocycles. The minimum atomic E-state index is -3.43. The Morgan fingerprint density at radius 1 is 1.50 bits per heavy atom. The number of hydrogen-bond donors (Lipinski definition) is 1. The summed E-state index contributed by atoms with van der Waals surface area (Å²) in [7, 11) is -3.43. The number of halogens is 1. The van der Waals surface area contributed by atoms with E-state index in [1.165, 1.54) is 11.3 Å². The van der Waals surface area contributed by atoms with Crippen LogP contribution in [0.15, 0.2) is 30.7 Å². The van der Waals surface area contributed by atoms with E-state index < -0.39 is 10.0 Å². The lowest BCUT2D eigenvalue weighted by Crippen LogP contribution is -2.25. The lowest BCUT2D eigenvalue weighted by molar-refractivity contribution is 0.469. The van der Waals surface area contributed by atoms with Gasteiger partial charge < -0.3 is 4.42 Å². The zero-order valence-electron chi connectivity index (χ0n) is 9.51. The third-order valence-electron chi connectivity index (χ3n) is 2.11. The normalized spacial score (nSPS) is 11.9. The van der Waals surface area contributed by atoms with Gasteiger partial charge in [-0.05, 0) is 35.0 Å². The molecule has 0 saturated carbocycles. The maximum Gasteiger partial charge on any atom is 0.250 e. The predicted molar refractivity (Wildman–Crippen MR) is 72.2 cm³/mol. The first kappa shape index (κ1) is 13.7. The first-order chi connectivity index (χ1) is 8.47. The minimum Gasteiger partial charge on any atom is -0.446 e. The minimum absolute atomic E-state index is 0.262. The largest absolute Gasteiger partial charge is 0.446 e. The molecule has 18 heavy (non-hydrogen) atoms. The molecule has 8 heteroatoms. The Balaban J connectivity index is 1.93. The van der Waals surface area contributed by atoms with Crippen molar-refractivity contribution in [2.75, 3.05) is 6.54 Å². The smallest absolute Gasteiger partial charge is 0.250 e. The molecule has 0 unspecified atom stereocenters. The van der Waals surface area contributed by atoms with Crippen molar-refractivity contribution in [2.45, 2.75) is 17.6 Å².